The van der Waals surface area contributed by atoms with E-state index in [1.807, 2.05) is 95.5 Å². The summed E-state index contributed by atoms with van der Waals surface area (Å²) >= 11 is 3.72. The zero-order chi connectivity index (χ0) is 74.0. The Morgan fingerprint density at radius 2 is 0.473 bits per heavy atom. The summed E-state index contributed by atoms with van der Waals surface area (Å²) in [5.41, 5.74) is 21.3. The summed E-state index contributed by atoms with van der Waals surface area (Å²) in [7, 11) is 0. The Kier molecular flexibility index (Phi) is 16.4. The number of thiophene rings is 2. The largest absolute Gasteiger partial charge is 0.308 e. The van der Waals surface area contributed by atoms with Crippen molar-refractivity contribution in [2.75, 3.05) is 0 Å². The molecule has 0 saturated heterocycles. The summed E-state index contributed by atoms with van der Waals surface area (Å²) in [5.74, 6) is 3.78. The molecule has 22 rings (SSSR count). The molecule has 0 saturated carbocycles. The highest BCUT2D eigenvalue weighted by atomic mass is 32.1. The number of fused-ring (bicyclic) bond motifs is 13. The van der Waals surface area contributed by atoms with Crippen LogP contribution in [0.3, 0.4) is 0 Å². The molecule has 0 N–H and O–H groups in total. The van der Waals surface area contributed by atoms with E-state index in [4.69, 9.17) is 29.9 Å². The predicted octanol–water partition coefficient (Wildman–Crippen LogP) is 27.3. The third-order valence-electron chi connectivity index (χ3n) is 21.3. The molecule has 6 aromatic heterocycles. The van der Waals surface area contributed by atoms with E-state index >= 15 is 0 Å². The zero-order valence-corrected chi connectivity index (χ0v) is 62.0. The third-order valence-corrected chi connectivity index (χ3v) is 23.6. The Labute approximate surface area is 653 Å². The maximum atomic E-state index is 5.20. The maximum Gasteiger partial charge on any atom is 0.164 e. The van der Waals surface area contributed by atoms with Crippen LogP contribution in [0.2, 0.25) is 0 Å². The van der Waals surface area contributed by atoms with Crippen LogP contribution in [0.15, 0.2) is 388 Å². The smallest absolute Gasteiger partial charge is 0.164 e. The van der Waals surface area contributed by atoms with E-state index in [9.17, 15) is 0 Å². The van der Waals surface area contributed by atoms with Crippen LogP contribution in [0.4, 0.5) is 0 Å². The predicted molar refractivity (Wildman–Crippen MR) is 468 cm³/mol. The highest BCUT2D eigenvalue weighted by Crippen LogP contribution is 2.50. The first-order valence-electron chi connectivity index (χ1n) is 37.6. The fourth-order valence-electron chi connectivity index (χ4n) is 16.1. The second-order valence-electron chi connectivity index (χ2n) is 28.0. The minimum absolute atomic E-state index is 0.618. The molecule has 0 aliphatic rings. The molecule has 524 valence electrons. The molecule has 6 heterocycles. The van der Waals surface area contributed by atoms with E-state index in [-0.39, 0.29) is 0 Å². The Morgan fingerprint density at radius 1 is 0.179 bits per heavy atom. The average molecular weight is 1470 g/mol. The number of hydrogen-bond donors (Lipinski definition) is 0. The van der Waals surface area contributed by atoms with Gasteiger partial charge in [-0.15, -0.1) is 22.7 Å². The van der Waals surface area contributed by atoms with E-state index < -0.39 is 0 Å². The lowest BCUT2D eigenvalue weighted by atomic mass is 9.92. The molecule has 0 spiro atoms. The molecule has 0 aliphatic heterocycles. The van der Waals surface area contributed by atoms with Gasteiger partial charge in [0.2, 0.25) is 0 Å². The molecule has 16 aromatic carbocycles. The van der Waals surface area contributed by atoms with Crippen LogP contribution >= 0.6 is 22.7 Å². The molecule has 0 radical (unpaired) electrons. The molecule has 0 bridgehead atoms. The molecule has 0 fully saturated rings. The van der Waals surface area contributed by atoms with Crippen molar-refractivity contribution in [1.29, 1.82) is 0 Å². The number of nitrogens with zero attached hydrogens (tertiary/aromatic N) is 8. The molecule has 0 unspecified atom stereocenters. The number of benzene rings is 16. The van der Waals surface area contributed by atoms with Crippen molar-refractivity contribution >= 4 is 107 Å². The topological polar surface area (TPSA) is 87.2 Å². The maximum absolute atomic E-state index is 5.20. The van der Waals surface area contributed by atoms with Gasteiger partial charge in [0.15, 0.2) is 34.9 Å². The summed E-state index contributed by atoms with van der Waals surface area (Å²) in [6, 6.07) is 137. The third kappa shape index (κ3) is 11.7. The van der Waals surface area contributed by atoms with Crippen LogP contribution in [0.25, 0.3) is 208 Å². The van der Waals surface area contributed by atoms with E-state index in [0.29, 0.717) is 34.9 Å². The molecular weight excluding hydrogens is 1400 g/mol. The molecule has 112 heavy (non-hydrogen) atoms. The lowest BCUT2D eigenvalue weighted by molar-refractivity contribution is 1.07. The molecule has 0 amide bonds. The standard InChI is InChI=1S/2C51H32N4S/c1-5-17-33(18-6-1)40-29-37(51-53-49(35-21-9-3-10-22-35)52-50(54-51)36-23-11-4-12-24-36)30-41(34-19-7-2-8-20-34)48(40)55-44-27-15-13-25-38(44)42-31-43-39-26-14-16-28-46(39)56-47(43)32-45(42)55;1-5-17-33(18-6-1)42-31-37(51-53-49(35-21-9-3-10-22-35)52-50(54-51)36-23-11-4-12-24-36)32-43(34-19-7-2-8-20-34)46(42)55-44-27-15-13-25-38(44)40-29-30-41-39-26-14-16-28-45(39)56-48(41)47(40)55/h2*1-32H. The number of para-hydroxylation sites is 2. The van der Waals surface area contributed by atoms with Crippen LogP contribution < -0.4 is 0 Å². The Morgan fingerprint density at radius 3 is 0.875 bits per heavy atom. The highest BCUT2D eigenvalue weighted by molar-refractivity contribution is 7.27. The van der Waals surface area contributed by atoms with Crippen LogP contribution in [0, 0.1) is 0 Å². The highest BCUT2D eigenvalue weighted by Gasteiger charge is 2.28. The lowest BCUT2D eigenvalue weighted by Crippen LogP contribution is -2.04. The van der Waals surface area contributed by atoms with Crippen LogP contribution in [0.5, 0.6) is 0 Å². The van der Waals surface area contributed by atoms with E-state index in [0.717, 1.165) is 100 Å². The minimum atomic E-state index is 0.618. The first-order valence-corrected chi connectivity index (χ1v) is 39.2. The summed E-state index contributed by atoms with van der Waals surface area (Å²) in [6.07, 6.45) is 0. The Hall–Kier alpha value is -14.4. The first kappa shape index (κ1) is 65.8. The van der Waals surface area contributed by atoms with Crippen molar-refractivity contribution < 1.29 is 0 Å². The van der Waals surface area contributed by atoms with Crippen LogP contribution in [0.1, 0.15) is 0 Å². The lowest BCUT2D eigenvalue weighted by Gasteiger charge is -2.21. The molecule has 10 heteroatoms. The van der Waals surface area contributed by atoms with Gasteiger partial charge in [0.1, 0.15) is 0 Å². The van der Waals surface area contributed by atoms with Gasteiger partial charge < -0.3 is 9.13 Å². The van der Waals surface area contributed by atoms with Gasteiger partial charge in [-0.05, 0) is 82.9 Å². The van der Waals surface area contributed by atoms with Gasteiger partial charge in [0.05, 0.1) is 38.1 Å². The van der Waals surface area contributed by atoms with Gasteiger partial charge in [0, 0.05) is 113 Å². The van der Waals surface area contributed by atoms with Crippen molar-refractivity contribution in [3.05, 3.63) is 388 Å². The first-order chi connectivity index (χ1) is 55.5. The molecule has 0 aliphatic carbocycles. The van der Waals surface area contributed by atoms with E-state index in [2.05, 4.69) is 325 Å². The fourth-order valence-corrected chi connectivity index (χ4v) is 18.5. The van der Waals surface area contributed by atoms with E-state index in [1.54, 1.807) is 0 Å². The summed E-state index contributed by atoms with van der Waals surface area (Å²) in [6.45, 7) is 0. The van der Waals surface area contributed by atoms with Crippen molar-refractivity contribution in [3.8, 4) is 124 Å². The molecule has 8 nitrogen and oxygen atoms in total. The summed E-state index contributed by atoms with van der Waals surface area (Å²) < 4.78 is 10.1. The van der Waals surface area contributed by atoms with Gasteiger partial charge >= 0.3 is 0 Å². The van der Waals surface area contributed by atoms with Gasteiger partial charge in [-0.25, -0.2) is 29.9 Å². The van der Waals surface area contributed by atoms with Gasteiger partial charge in [-0.2, -0.15) is 0 Å². The van der Waals surface area contributed by atoms with Crippen molar-refractivity contribution in [2.24, 2.45) is 0 Å². The molecular formula is C102H64N8S2. The van der Waals surface area contributed by atoms with Crippen LogP contribution in [-0.2, 0) is 0 Å². The van der Waals surface area contributed by atoms with Crippen molar-refractivity contribution in [2.45, 2.75) is 0 Å². The van der Waals surface area contributed by atoms with Crippen molar-refractivity contribution in [3.63, 3.8) is 0 Å². The average Bonchev–Trinajstić information content (AvgIpc) is 1.55. The zero-order valence-electron chi connectivity index (χ0n) is 60.3. The second kappa shape index (κ2) is 28.0. The number of rotatable bonds is 12. The second-order valence-corrected chi connectivity index (χ2v) is 30.1. The number of hydrogen-bond acceptors (Lipinski definition) is 8. The quantitative estimate of drug-likeness (QED) is 0.121. The summed E-state index contributed by atoms with van der Waals surface area (Å²) in [5, 5.41) is 10.1. The fraction of sp³-hybridized carbons (Fsp3) is 0. The Bertz CT molecular complexity index is 7100. The van der Waals surface area contributed by atoms with Gasteiger partial charge in [-0.1, -0.05) is 328 Å². The summed E-state index contributed by atoms with van der Waals surface area (Å²) in [4.78, 5) is 30.8. The number of aromatic nitrogens is 8. The monoisotopic (exact) mass is 1460 g/mol. The van der Waals surface area contributed by atoms with Crippen LogP contribution in [-0.4, -0.2) is 39.0 Å². The Balaban J connectivity index is 0.000000141. The van der Waals surface area contributed by atoms with E-state index in [1.165, 1.54) is 72.9 Å². The van der Waals surface area contributed by atoms with Gasteiger partial charge in [-0.3, -0.25) is 0 Å². The normalized spacial score (nSPS) is 11.6. The SMILES string of the molecule is c1ccc(-c2nc(-c3ccccc3)nc(-c3cc(-c4ccccc4)c(-n4c5ccccc5c5cc6c(cc54)sc4ccccc46)c(-c4ccccc4)c3)n2)cc1.c1ccc(-c2nc(-c3ccccc3)nc(-c3cc(-c4ccccc4)c(-n4c5ccccc5c5ccc6c7ccccc7sc6c54)c(-c4ccccc4)c3)n2)cc1. The molecule has 22 aromatic rings. The van der Waals surface area contributed by atoms with Crippen molar-refractivity contribution in [1.82, 2.24) is 39.0 Å². The minimum Gasteiger partial charge on any atom is -0.308 e. The molecule has 0 atom stereocenters. The van der Waals surface area contributed by atoms with Gasteiger partial charge in [0.25, 0.3) is 0 Å².